The zero-order chi connectivity index (χ0) is 8.20. The molecule has 58 valence electrons. The molecule has 0 heterocycles. The predicted molar refractivity (Wildman–Crippen MR) is 39.6 cm³/mol. The van der Waals surface area contributed by atoms with E-state index in [0.717, 1.165) is 0 Å². The number of allylic oxidation sites excluding steroid dienone is 3. The second-order valence-electron chi connectivity index (χ2n) is 1.89. The van der Waals surface area contributed by atoms with Gasteiger partial charge in [-0.15, -0.1) is 0 Å². The molecular formula is C6H11AsO3. The average molecular weight is 206 g/mol. The third kappa shape index (κ3) is 4.62. The van der Waals surface area contributed by atoms with Crippen molar-refractivity contribution in [3.8, 4) is 0 Å². The Kier molecular flexibility index (Phi) is 3.72. The molecule has 0 aliphatic heterocycles. The zero-order valence-corrected chi connectivity index (χ0v) is 7.70. The molecule has 4 heteroatoms. The van der Waals surface area contributed by atoms with Crippen LogP contribution in [-0.4, -0.2) is 22.4 Å². The van der Waals surface area contributed by atoms with Crippen molar-refractivity contribution in [3.63, 3.8) is 0 Å². The molecule has 0 aliphatic rings. The van der Waals surface area contributed by atoms with Crippen molar-refractivity contribution in [2.24, 2.45) is 0 Å². The fourth-order valence-corrected chi connectivity index (χ4v) is 2.16. The first-order valence-corrected chi connectivity index (χ1v) is 6.59. The predicted octanol–water partition coefficient (Wildman–Crippen LogP) is 0.473. The van der Waals surface area contributed by atoms with Gasteiger partial charge in [0.05, 0.1) is 0 Å². The van der Waals surface area contributed by atoms with Gasteiger partial charge in [0.1, 0.15) is 0 Å². The van der Waals surface area contributed by atoms with Gasteiger partial charge in [-0.2, -0.15) is 0 Å². The van der Waals surface area contributed by atoms with Crippen LogP contribution < -0.4 is 0 Å². The van der Waals surface area contributed by atoms with E-state index in [-0.39, 0.29) is 5.21 Å². The molecule has 0 unspecified atom stereocenters. The average Bonchev–Trinajstić information content (AvgIpc) is 1.81. The van der Waals surface area contributed by atoms with Gasteiger partial charge in [0.15, 0.2) is 0 Å². The summed E-state index contributed by atoms with van der Waals surface area (Å²) >= 11 is -4.46. The van der Waals surface area contributed by atoms with E-state index in [4.69, 9.17) is 8.19 Å². The Morgan fingerprint density at radius 1 is 1.70 bits per heavy atom. The van der Waals surface area contributed by atoms with Crippen LogP contribution in [0.15, 0.2) is 24.3 Å². The Morgan fingerprint density at radius 2 is 2.20 bits per heavy atom. The molecular weight excluding hydrogens is 195 g/mol. The molecule has 0 aromatic heterocycles. The third-order valence-electron chi connectivity index (χ3n) is 1.02. The minimum absolute atomic E-state index is 0.155. The van der Waals surface area contributed by atoms with Gasteiger partial charge in [0, 0.05) is 0 Å². The van der Waals surface area contributed by atoms with Gasteiger partial charge in [-0.3, -0.25) is 0 Å². The van der Waals surface area contributed by atoms with E-state index in [1.54, 1.807) is 13.0 Å². The van der Waals surface area contributed by atoms with Gasteiger partial charge in [-0.05, 0) is 0 Å². The van der Waals surface area contributed by atoms with Crippen molar-refractivity contribution in [1.29, 1.82) is 0 Å². The summed E-state index contributed by atoms with van der Waals surface area (Å²) in [4.78, 5) is 0. The van der Waals surface area contributed by atoms with Crippen LogP contribution in [0.3, 0.4) is 0 Å². The molecule has 0 radical (unpaired) electrons. The first-order chi connectivity index (χ1) is 4.49. The van der Waals surface area contributed by atoms with Gasteiger partial charge < -0.3 is 0 Å². The van der Waals surface area contributed by atoms with Gasteiger partial charge in [-0.1, -0.05) is 0 Å². The monoisotopic (exact) mass is 206 g/mol. The van der Waals surface area contributed by atoms with Crippen LogP contribution in [0, 0.1) is 0 Å². The minimum atomic E-state index is -4.46. The molecule has 0 spiro atoms. The van der Waals surface area contributed by atoms with Crippen molar-refractivity contribution >= 4 is 14.2 Å². The first-order valence-electron chi connectivity index (χ1n) is 2.82. The molecule has 0 bridgehead atoms. The molecule has 0 aromatic rings. The van der Waals surface area contributed by atoms with Crippen LogP contribution >= 0.6 is 0 Å². The van der Waals surface area contributed by atoms with E-state index in [2.05, 4.69) is 6.58 Å². The maximum absolute atomic E-state index is 10.4. The fourth-order valence-electron chi connectivity index (χ4n) is 0.512. The van der Waals surface area contributed by atoms with Crippen LogP contribution in [0.25, 0.3) is 0 Å². The summed E-state index contributed by atoms with van der Waals surface area (Å²) in [5.74, 6) is 0. The summed E-state index contributed by atoms with van der Waals surface area (Å²) < 4.78 is 27.5. The molecule has 0 aliphatic carbocycles. The molecule has 0 saturated carbocycles. The molecule has 0 atom stereocenters. The SMILES string of the molecule is C=C/C(=C\C)C[As](=O)(O)O. The molecule has 0 aromatic carbocycles. The van der Waals surface area contributed by atoms with E-state index in [1.807, 2.05) is 0 Å². The van der Waals surface area contributed by atoms with E-state index in [1.165, 1.54) is 6.08 Å². The van der Waals surface area contributed by atoms with Crippen molar-refractivity contribution in [1.82, 2.24) is 0 Å². The van der Waals surface area contributed by atoms with Crippen molar-refractivity contribution in [2.45, 2.75) is 12.1 Å². The molecule has 0 saturated heterocycles. The van der Waals surface area contributed by atoms with E-state index < -0.39 is 14.2 Å². The van der Waals surface area contributed by atoms with Crippen LogP contribution in [0.1, 0.15) is 6.92 Å². The Bertz CT molecular complexity index is 189. The van der Waals surface area contributed by atoms with Gasteiger partial charge in [-0.25, -0.2) is 0 Å². The summed E-state index contributed by atoms with van der Waals surface area (Å²) in [5, 5.41) is -0.155. The van der Waals surface area contributed by atoms with Gasteiger partial charge in [0.2, 0.25) is 0 Å². The molecule has 0 fully saturated rings. The Morgan fingerprint density at radius 3 is 2.30 bits per heavy atom. The summed E-state index contributed by atoms with van der Waals surface area (Å²) in [6, 6.07) is 0. The van der Waals surface area contributed by atoms with E-state index >= 15 is 0 Å². The quantitative estimate of drug-likeness (QED) is 0.521. The van der Waals surface area contributed by atoms with E-state index in [0.29, 0.717) is 5.57 Å². The van der Waals surface area contributed by atoms with Crippen LogP contribution in [0.2, 0.25) is 5.21 Å². The fraction of sp³-hybridized carbons (Fsp3) is 0.333. The van der Waals surface area contributed by atoms with Crippen molar-refractivity contribution in [3.05, 3.63) is 24.3 Å². The summed E-state index contributed by atoms with van der Waals surface area (Å²) in [5.41, 5.74) is 0.604. The summed E-state index contributed by atoms with van der Waals surface area (Å²) in [6.45, 7) is 5.14. The van der Waals surface area contributed by atoms with Gasteiger partial charge >= 0.3 is 62.5 Å². The van der Waals surface area contributed by atoms with Gasteiger partial charge in [0.25, 0.3) is 0 Å². The standard InChI is InChI=1S/C6H11AsO3/c1-3-6(4-2)5-7(8,9)10/h3-4H,1,5H2,2H3,(H2,8,9,10)/b6-4+. The van der Waals surface area contributed by atoms with Crippen LogP contribution in [0.4, 0.5) is 0 Å². The van der Waals surface area contributed by atoms with Crippen molar-refractivity contribution in [2.75, 3.05) is 0 Å². The third-order valence-corrected chi connectivity index (χ3v) is 2.65. The summed E-state index contributed by atoms with van der Waals surface area (Å²) in [6.07, 6.45) is 3.10. The Hall–Kier alpha value is -0.242. The normalized spacial score (nSPS) is 13.3. The molecule has 0 amide bonds. The van der Waals surface area contributed by atoms with Crippen LogP contribution in [-0.2, 0) is 3.74 Å². The number of rotatable bonds is 3. The molecule has 0 rings (SSSR count). The second-order valence-corrected chi connectivity index (χ2v) is 5.34. The molecule has 2 N–H and O–H groups in total. The molecule has 3 nitrogen and oxygen atoms in total. The van der Waals surface area contributed by atoms with E-state index in [9.17, 15) is 3.74 Å². The second kappa shape index (κ2) is 3.81. The zero-order valence-electron chi connectivity index (χ0n) is 5.82. The topological polar surface area (TPSA) is 57.5 Å². The van der Waals surface area contributed by atoms with Crippen molar-refractivity contribution < 1.29 is 11.9 Å². The maximum atomic E-state index is 10.4. The Balaban J connectivity index is 4.15. The Labute approximate surface area is 63.1 Å². The first kappa shape index (κ1) is 9.76. The number of hydrogen-bond donors (Lipinski definition) is 2. The summed E-state index contributed by atoms with van der Waals surface area (Å²) in [7, 11) is 0. The van der Waals surface area contributed by atoms with Crippen LogP contribution in [0.5, 0.6) is 0 Å². The number of hydrogen-bond acceptors (Lipinski definition) is 1. The molecule has 10 heavy (non-hydrogen) atoms.